The van der Waals surface area contributed by atoms with Crippen LogP contribution in [0.15, 0.2) is 0 Å². The van der Waals surface area contributed by atoms with E-state index < -0.39 is 55.6 Å². The van der Waals surface area contributed by atoms with E-state index in [1.165, 1.54) is 0 Å². The molecule has 0 bridgehead atoms. The quantitative estimate of drug-likeness (QED) is 0.449. The van der Waals surface area contributed by atoms with E-state index >= 15 is 0 Å². The van der Waals surface area contributed by atoms with Crippen molar-refractivity contribution in [2.24, 2.45) is 0 Å². The van der Waals surface area contributed by atoms with Gasteiger partial charge < -0.3 is 21.3 Å². The Balaban J connectivity index is 1.80. The Morgan fingerprint density at radius 3 is 1.10 bits per heavy atom. The van der Waals surface area contributed by atoms with E-state index in [9.17, 15) is 19.2 Å². The van der Waals surface area contributed by atoms with E-state index in [-0.39, 0.29) is 33.5 Å². The smallest absolute Gasteiger partial charge is 0.283 e. The summed E-state index contributed by atoms with van der Waals surface area (Å²) in [5.41, 5.74) is 0.535. The minimum absolute atomic E-state index is 0.00315. The Morgan fingerprint density at radius 1 is 0.621 bits per heavy atom. The van der Waals surface area contributed by atoms with Gasteiger partial charge in [0.15, 0.2) is 54.4 Å². The van der Waals surface area contributed by atoms with E-state index in [2.05, 4.69) is 73.6 Å². The van der Waals surface area contributed by atoms with Crippen LogP contribution in [-0.4, -0.2) is 89.0 Å². The maximum Gasteiger partial charge on any atom is 0.283 e. The third kappa shape index (κ3) is 2.19. The van der Waals surface area contributed by atoms with E-state index in [1.807, 2.05) is 0 Å². The molecule has 0 saturated carbocycles. The maximum atomic E-state index is 12.7. The van der Waals surface area contributed by atoms with Gasteiger partial charge in [0.1, 0.15) is 0 Å². The highest BCUT2D eigenvalue weighted by atomic mass is 28.3. The predicted octanol–water partition coefficient (Wildman–Crippen LogP) is 1.03. The molecule has 0 aromatic carbocycles. The third-order valence-electron chi connectivity index (χ3n) is 8.38. The summed E-state index contributed by atoms with van der Waals surface area (Å²) < 4.78 is -0.813. The van der Waals surface area contributed by atoms with Crippen molar-refractivity contribution in [2.45, 2.75) is 71.8 Å². The molecular formula is C16H30AlN4O4Si4. The molecule has 4 aliphatic rings. The number of amides is 4. The SMILES string of the molecule is C[Si]1(C)C(=O)NC1[C]1([Al][C]2(C3NC(=O)[Si]3(C)C)NC(=O)[Si]2(C)C)NC(=O)[Si]1(C)C. The summed E-state index contributed by atoms with van der Waals surface area (Å²) in [6.07, 6.45) is 0. The predicted molar refractivity (Wildman–Crippen MR) is 123 cm³/mol. The van der Waals surface area contributed by atoms with Gasteiger partial charge in [0.05, 0.1) is 0 Å². The van der Waals surface area contributed by atoms with Crippen LogP contribution in [0.25, 0.3) is 0 Å². The Labute approximate surface area is 181 Å². The second-order valence-electron chi connectivity index (χ2n) is 11.3. The molecule has 0 aliphatic carbocycles. The van der Waals surface area contributed by atoms with Crippen LogP contribution in [0.3, 0.4) is 0 Å². The minimum atomic E-state index is -2.38. The van der Waals surface area contributed by atoms with Crippen LogP contribution in [0, 0.1) is 0 Å². The molecule has 4 unspecified atom stereocenters. The second kappa shape index (κ2) is 5.55. The Morgan fingerprint density at radius 2 is 0.931 bits per heavy atom. The molecule has 4 amide bonds. The molecule has 0 spiro atoms. The molecule has 29 heavy (non-hydrogen) atoms. The molecule has 4 N–H and O–H groups in total. The number of nitrogens with one attached hydrogen (secondary N) is 4. The molecule has 4 atom stereocenters. The average Bonchev–Trinajstić information content (AvgIpc) is 2.62. The fourth-order valence-electron chi connectivity index (χ4n) is 5.54. The van der Waals surface area contributed by atoms with E-state index in [1.54, 1.807) is 0 Å². The van der Waals surface area contributed by atoms with Gasteiger partial charge in [-0.2, -0.15) is 0 Å². The van der Waals surface area contributed by atoms with Gasteiger partial charge in [-0.1, -0.05) is 52.4 Å². The van der Waals surface area contributed by atoms with Crippen LogP contribution in [0.2, 0.25) is 52.4 Å². The first kappa shape index (κ1) is 21.5. The van der Waals surface area contributed by atoms with Gasteiger partial charge in [-0.25, -0.2) is 0 Å². The molecule has 8 nitrogen and oxygen atoms in total. The second-order valence-corrected chi connectivity index (χ2v) is 32.6. The molecule has 4 heterocycles. The summed E-state index contributed by atoms with van der Waals surface area (Å²) in [6.45, 7) is 16.7. The molecule has 0 aromatic rings. The van der Waals surface area contributed by atoms with Crippen molar-refractivity contribution in [3.63, 3.8) is 0 Å². The molecule has 1 radical (unpaired) electrons. The lowest BCUT2D eigenvalue weighted by atomic mass is 10.5. The molecule has 13 heteroatoms. The van der Waals surface area contributed by atoms with Crippen molar-refractivity contribution >= 4 is 69.6 Å². The summed E-state index contributed by atoms with van der Waals surface area (Å²) in [6, 6.07) is 0. The standard InChI is InChI=1S/2C8H15N2O2Si2.Al/c2*1-13(2)5(9-7(13)11)6-10-8(12)14(6,3)4;/h2*5H,1-4H3,(H,9,11)(H,10,12);. The highest BCUT2D eigenvalue weighted by molar-refractivity contribution is 7.23. The monoisotopic (exact) mass is 481 g/mol. The zero-order valence-electron chi connectivity index (χ0n) is 18.4. The Hall–Kier alpha value is -0.720. The first-order chi connectivity index (χ1) is 13.0. The zero-order chi connectivity index (χ0) is 22.0. The molecule has 4 rings (SSSR count). The van der Waals surface area contributed by atoms with Crippen molar-refractivity contribution in [1.82, 2.24) is 21.3 Å². The third-order valence-corrected chi connectivity index (χ3v) is 30.9. The highest BCUT2D eigenvalue weighted by Gasteiger charge is 2.80. The summed E-state index contributed by atoms with van der Waals surface area (Å²) >= 11 is -0.446. The number of hydrogen-bond donors (Lipinski definition) is 4. The molecule has 157 valence electrons. The minimum Gasteiger partial charge on any atom is -0.370 e. The van der Waals surface area contributed by atoms with Gasteiger partial charge in [-0.3, -0.25) is 19.2 Å². The molecular weight excluding hydrogens is 452 g/mol. The lowest BCUT2D eigenvalue weighted by Gasteiger charge is -2.71. The van der Waals surface area contributed by atoms with Crippen LogP contribution in [0.5, 0.6) is 0 Å². The Bertz CT molecular complexity index is 824. The Kier molecular flexibility index (Phi) is 4.11. The van der Waals surface area contributed by atoms with E-state index in [0.29, 0.717) is 0 Å². The van der Waals surface area contributed by atoms with Crippen molar-refractivity contribution in [3.05, 3.63) is 0 Å². The van der Waals surface area contributed by atoms with Gasteiger partial charge in [0, 0.05) is 19.4 Å². The highest BCUT2D eigenvalue weighted by Crippen LogP contribution is 2.47. The fraction of sp³-hybridized carbons (Fsp3) is 0.750. The van der Waals surface area contributed by atoms with Crippen LogP contribution in [0.4, 0.5) is 19.2 Å². The van der Waals surface area contributed by atoms with Crippen LogP contribution < -0.4 is 21.3 Å². The van der Waals surface area contributed by atoms with Crippen molar-refractivity contribution in [1.29, 1.82) is 0 Å². The summed E-state index contributed by atoms with van der Waals surface area (Å²) in [7, 11) is -9.19. The topological polar surface area (TPSA) is 116 Å². The van der Waals surface area contributed by atoms with Crippen LogP contribution in [0.1, 0.15) is 0 Å². The lowest BCUT2D eigenvalue weighted by molar-refractivity contribution is 0.229. The van der Waals surface area contributed by atoms with Crippen LogP contribution in [-0.2, 0) is 0 Å². The van der Waals surface area contributed by atoms with Gasteiger partial charge in [0.25, 0.3) is 15.2 Å². The van der Waals surface area contributed by atoms with Gasteiger partial charge in [0.2, 0.25) is 0 Å². The van der Waals surface area contributed by atoms with E-state index in [4.69, 9.17) is 0 Å². The number of carbonyl (C=O) groups is 4. The summed E-state index contributed by atoms with van der Waals surface area (Å²) in [5.74, 6) is 0. The largest absolute Gasteiger partial charge is 0.370 e. The zero-order valence-corrected chi connectivity index (χ0v) is 23.5. The lowest BCUT2D eigenvalue weighted by Crippen LogP contribution is -3.05. The summed E-state index contributed by atoms with van der Waals surface area (Å²) in [4.78, 5) is 50.1. The van der Waals surface area contributed by atoms with Gasteiger partial charge in [-0.15, -0.1) is 0 Å². The summed E-state index contributed by atoms with van der Waals surface area (Å²) in [5, 5.41) is 12.9. The number of carbonyl (C=O) groups excluding carboxylic acids is 4. The normalized spacial score (nSPS) is 42.5. The van der Waals surface area contributed by atoms with Gasteiger partial charge in [-0.05, 0) is 0 Å². The van der Waals surface area contributed by atoms with E-state index in [0.717, 1.165) is 0 Å². The maximum absolute atomic E-state index is 12.7. The number of hydrogen-bond acceptors (Lipinski definition) is 4. The fourth-order valence-corrected chi connectivity index (χ4v) is 28.6. The first-order valence-electron chi connectivity index (χ1n) is 10.1. The van der Waals surface area contributed by atoms with Crippen LogP contribution >= 0.6 is 0 Å². The van der Waals surface area contributed by atoms with Crippen molar-refractivity contribution in [3.8, 4) is 0 Å². The van der Waals surface area contributed by atoms with Gasteiger partial charge >= 0.3 is 0 Å². The first-order valence-corrected chi connectivity index (χ1v) is 23.4. The van der Waals surface area contributed by atoms with Crippen molar-refractivity contribution in [2.75, 3.05) is 0 Å². The molecule has 4 aliphatic heterocycles. The number of rotatable bonds is 4. The molecule has 4 fully saturated rings. The molecule has 0 aromatic heterocycles. The molecule has 4 saturated heterocycles. The van der Waals surface area contributed by atoms with Crippen molar-refractivity contribution < 1.29 is 19.2 Å². The average molecular weight is 482 g/mol.